The van der Waals surface area contributed by atoms with Gasteiger partial charge in [0.05, 0.1) is 5.02 Å². The number of benzene rings is 1. The molecule has 2 fully saturated rings. The van der Waals surface area contributed by atoms with Crippen molar-refractivity contribution in [2.24, 2.45) is 11.8 Å². The number of alkyl halides is 2. The highest BCUT2D eigenvalue weighted by Gasteiger charge is 2.57. The highest BCUT2D eigenvalue weighted by molar-refractivity contribution is 7.98. The second-order valence-corrected chi connectivity index (χ2v) is 11.9. The summed E-state index contributed by atoms with van der Waals surface area (Å²) in [5, 5.41) is 3.11. The zero-order valence-electron chi connectivity index (χ0n) is 21.9. The number of nitrogens with one attached hydrogen (secondary N) is 2. The van der Waals surface area contributed by atoms with Crippen LogP contribution < -0.4 is 20.3 Å². The van der Waals surface area contributed by atoms with Gasteiger partial charge in [-0.15, -0.1) is 11.8 Å². The van der Waals surface area contributed by atoms with Crippen molar-refractivity contribution < 1.29 is 23.0 Å². The molecule has 3 heterocycles. The summed E-state index contributed by atoms with van der Waals surface area (Å²) in [4.78, 5) is 31.3. The predicted octanol–water partition coefficient (Wildman–Crippen LogP) is 5.15. The van der Waals surface area contributed by atoms with E-state index in [9.17, 15) is 18.4 Å². The Morgan fingerprint density at radius 1 is 1.24 bits per heavy atom. The first-order valence-electron chi connectivity index (χ1n) is 12.8. The van der Waals surface area contributed by atoms with E-state index in [-0.39, 0.29) is 35.4 Å². The maximum absolute atomic E-state index is 13.3. The van der Waals surface area contributed by atoms with Crippen LogP contribution >= 0.6 is 23.4 Å². The van der Waals surface area contributed by atoms with Crippen LogP contribution in [0.4, 0.5) is 8.78 Å². The molecule has 1 saturated heterocycles. The molecule has 1 saturated carbocycles. The molecule has 2 aliphatic heterocycles. The number of piperidine rings is 1. The fourth-order valence-electron chi connectivity index (χ4n) is 5.47. The Kier molecular flexibility index (Phi) is 7.19. The number of likely N-dealkylation sites (tertiary alicyclic amines) is 1. The van der Waals surface area contributed by atoms with Gasteiger partial charge in [-0.25, -0.2) is 8.78 Å². The fraction of sp³-hybridized carbons (Fsp3) is 0.556. The quantitative estimate of drug-likeness (QED) is 0.450. The molecule has 5 rings (SSSR count). The minimum Gasteiger partial charge on any atom is -0.448 e. The van der Waals surface area contributed by atoms with E-state index in [0.29, 0.717) is 47.8 Å². The molecule has 2 N–H and O–H groups in total. The lowest BCUT2D eigenvalue weighted by atomic mass is 9.89. The molecule has 1 aromatic carbocycles. The van der Waals surface area contributed by atoms with E-state index in [1.54, 1.807) is 13.0 Å². The Labute approximate surface area is 229 Å². The number of fused-ring (bicyclic) bond motifs is 1. The number of carbonyl (C=O) groups excluding carboxylic acids is 1. The standard InChI is InChI=1S/C27H32ClF2N3O4S/c1-14-9-21(38-4)19(25(35)32-14)12-31-24(34)18-10-20(28)23-22(15(18)2)36-26(3,37-23)16-5-7-33(8-6-16)13-17-11-27(17,29)30/h9-10,16-17H,5-8,11-13H2,1-4H3,(H,31,34)(H,32,35). The third kappa shape index (κ3) is 5.14. The van der Waals surface area contributed by atoms with E-state index >= 15 is 0 Å². The number of hydrogen-bond acceptors (Lipinski definition) is 6. The summed E-state index contributed by atoms with van der Waals surface area (Å²) in [5.41, 5.74) is 1.96. The molecule has 206 valence electrons. The van der Waals surface area contributed by atoms with Crippen LogP contribution in [0.5, 0.6) is 11.5 Å². The van der Waals surface area contributed by atoms with Gasteiger partial charge in [0.25, 0.3) is 23.2 Å². The van der Waals surface area contributed by atoms with Gasteiger partial charge < -0.3 is 24.7 Å². The number of aryl methyl sites for hydroxylation is 1. The summed E-state index contributed by atoms with van der Waals surface area (Å²) in [7, 11) is 0. The number of H-pyrrole nitrogens is 1. The van der Waals surface area contributed by atoms with Gasteiger partial charge in [-0.3, -0.25) is 9.59 Å². The monoisotopic (exact) mass is 567 g/mol. The topological polar surface area (TPSA) is 83.7 Å². The first-order chi connectivity index (χ1) is 17.9. The summed E-state index contributed by atoms with van der Waals surface area (Å²) in [6.07, 6.45) is 3.36. The molecule has 0 radical (unpaired) electrons. The number of amides is 1. The molecular weight excluding hydrogens is 536 g/mol. The lowest BCUT2D eigenvalue weighted by Crippen LogP contribution is -2.49. The molecule has 3 aliphatic rings. The van der Waals surface area contributed by atoms with Crippen molar-refractivity contribution in [3.05, 3.63) is 49.9 Å². The van der Waals surface area contributed by atoms with Gasteiger partial charge in [0.2, 0.25) is 0 Å². The van der Waals surface area contributed by atoms with Gasteiger partial charge >= 0.3 is 0 Å². The van der Waals surface area contributed by atoms with Crippen LogP contribution in [0, 0.1) is 25.7 Å². The van der Waals surface area contributed by atoms with E-state index in [4.69, 9.17) is 21.1 Å². The highest BCUT2D eigenvalue weighted by Crippen LogP contribution is 2.52. The number of aromatic amines is 1. The van der Waals surface area contributed by atoms with Crippen molar-refractivity contribution >= 4 is 29.3 Å². The molecule has 11 heteroatoms. The van der Waals surface area contributed by atoms with Crippen LogP contribution in [0.1, 0.15) is 53.4 Å². The maximum atomic E-state index is 13.3. The Balaban J connectivity index is 1.27. The second kappa shape index (κ2) is 10.0. The third-order valence-electron chi connectivity index (χ3n) is 7.93. The minimum atomic E-state index is -2.51. The molecule has 1 aliphatic carbocycles. The number of carbonyl (C=O) groups is 1. The van der Waals surface area contributed by atoms with E-state index in [0.717, 1.165) is 23.4 Å². The maximum Gasteiger partial charge on any atom is 0.254 e. The number of hydrogen-bond donors (Lipinski definition) is 2. The van der Waals surface area contributed by atoms with Crippen LogP contribution in [0.25, 0.3) is 0 Å². The fourth-order valence-corrected chi connectivity index (χ4v) is 6.41. The number of pyridine rings is 1. The number of ether oxygens (including phenoxy) is 2. The minimum absolute atomic E-state index is 0.0138. The largest absolute Gasteiger partial charge is 0.448 e. The van der Waals surface area contributed by atoms with Gasteiger partial charge in [0.15, 0.2) is 11.5 Å². The van der Waals surface area contributed by atoms with Crippen molar-refractivity contribution in [2.45, 2.75) is 63.2 Å². The van der Waals surface area contributed by atoms with Crippen molar-refractivity contribution in [3.63, 3.8) is 0 Å². The molecular formula is C27H32ClF2N3O4S. The number of aromatic nitrogens is 1. The molecule has 2 aromatic rings. The molecule has 2 unspecified atom stereocenters. The van der Waals surface area contributed by atoms with E-state index < -0.39 is 17.6 Å². The lowest BCUT2D eigenvalue weighted by Gasteiger charge is -2.38. The summed E-state index contributed by atoms with van der Waals surface area (Å²) in [6, 6.07) is 3.44. The SMILES string of the molecule is CSc1cc(C)[nH]c(=O)c1CNC(=O)c1cc(Cl)c2c(c1C)OC(C)(C1CCN(CC3CC3(F)F)CC1)O2. The average molecular weight is 568 g/mol. The van der Waals surface area contributed by atoms with Crippen LogP contribution in [0.3, 0.4) is 0 Å². The van der Waals surface area contributed by atoms with Gasteiger partial charge in [-0.1, -0.05) is 11.6 Å². The van der Waals surface area contributed by atoms with Crippen LogP contribution in [0.2, 0.25) is 5.02 Å². The molecule has 38 heavy (non-hydrogen) atoms. The zero-order chi connectivity index (χ0) is 27.4. The van der Waals surface area contributed by atoms with E-state index in [2.05, 4.69) is 15.2 Å². The summed E-state index contributed by atoms with van der Waals surface area (Å²) in [6.45, 7) is 7.36. The van der Waals surface area contributed by atoms with Gasteiger partial charge in [0, 0.05) is 65.5 Å². The Hall–Kier alpha value is -2.30. The summed E-state index contributed by atoms with van der Waals surface area (Å²) < 4.78 is 39.3. The molecule has 1 amide bonds. The normalized spacial score (nSPS) is 24.4. The Morgan fingerprint density at radius 3 is 2.53 bits per heavy atom. The van der Waals surface area contributed by atoms with Crippen molar-refractivity contribution in [2.75, 3.05) is 25.9 Å². The Morgan fingerprint density at radius 2 is 1.89 bits per heavy atom. The zero-order valence-corrected chi connectivity index (χ0v) is 23.5. The van der Waals surface area contributed by atoms with Gasteiger partial charge in [-0.05, 0) is 58.2 Å². The third-order valence-corrected chi connectivity index (χ3v) is 9.02. The van der Waals surface area contributed by atoms with Crippen molar-refractivity contribution in [1.29, 1.82) is 0 Å². The molecule has 2 atom stereocenters. The predicted molar refractivity (Wildman–Crippen MR) is 143 cm³/mol. The molecule has 0 spiro atoms. The van der Waals surface area contributed by atoms with Crippen molar-refractivity contribution in [3.8, 4) is 11.5 Å². The van der Waals surface area contributed by atoms with Crippen LogP contribution in [-0.4, -0.2) is 53.4 Å². The molecule has 1 aromatic heterocycles. The van der Waals surface area contributed by atoms with Crippen LogP contribution in [-0.2, 0) is 6.54 Å². The molecule has 0 bridgehead atoms. The van der Waals surface area contributed by atoms with E-state index in [1.807, 2.05) is 26.2 Å². The molecule has 7 nitrogen and oxygen atoms in total. The van der Waals surface area contributed by atoms with Crippen LogP contribution in [0.15, 0.2) is 21.8 Å². The van der Waals surface area contributed by atoms with Crippen molar-refractivity contribution in [1.82, 2.24) is 15.2 Å². The highest BCUT2D eigenvalue weighted by atomic mass is 35.5. The number of thioether (sulfide) groups is 1. The number of nitrogens with zero attached hydrogens (tertiary/aromatic N) is 1. The lowest BCUT2D eigenvalue weighted by molar-refractivity contribution is -0.125. The average Bonchev–Trinajstić information content (AvgIpc) is 3.28. The second-order valence-electron chi connectivity index (χ2n) is 10.7. The number of rotatable bonds is 7. The van der Waals surface area contributed by atoms with Gasteiger partial charge in [-0.2, -0.15) is 0 Å². The first-order valence-corrected chi connectivity index (χ1v) is 14.4. The van der Waals surface area contributed by atoms with Gasteiger partial charge in [0.1, 0.15) is 0 Å². The summed E-state index contributed by atoms with van der Waals surface area (Å²) >= 11 is 8.00. The first kappa shape index (κ1) is 27.3. The Bertz CT molecular complexity index is 1330. The van der Waals surface area contributed by atoms with E-state index in [1.165, 1.54) is 11.8 Å². The number of halogens is 3. The smallest absolute Gasteiger partial charge is 0.254 e. The summed E-state index contributed by atoms with van der Waals surface area (Å²) in [5.74, 6) is -3.50.